The van der Waals surface area contributed by atoms with Gasteiger partial charge in [-0.15, -0.1) is 0 Å². The minimum absolute atomic E-state index is 0.0625. The average Bonchev–Trinajstić information content (AvgIpc) is 3.10. The highest BCUT2D eigenvalue weighted by Crippen LogP contribution is 2.24. The second-order valence-electron chi connectivity index (χ2n) is 5.37. The zero-order valence-electron chi connectivity index (χ0n) is 11.9. The number of hydrogen-bond donors (Lipinski definition) is 1. The number of nitrogens with zero attached hydrogens (tertiary/aromatic N) is 2. The summed E-state index contributed by atoms with van der Waals surface area (Å²) in [4.78, 5) is 38.6. The maximum Gasteiger partial charge on any atom is 0.261 e. The molecule has 2 aliphatic rings. The Labute approximate surface area is 122 Å². The van der Waals surface area contributed by atoms with E-state index in [2.05, 4.69) is 5.32 Å². The second kappa shape index (κ2) is 5.20. The molecule has 0 saturated carbocycles. The van der Waals surface area contributed by atoms with Crippen LogP contribution in [0.25, 0.3) is 0 Å². The summed E-state index contributed by atoms with van der Waals surface area (Å²) < 4.78 is 0. The van der Waals surface area contributed by atoms with Crippen LogP contribution in [0.1, 0.15) is 33.6 Å². The van der Waals surface area contributed by atoms with Gasteiger partial charge in [-0.3, -0.25) is 19.3 Å². The maximum absolute atomic E-state index is 12.0. The summed E-state index contributed by atoms with van der Waals surface area (Å²) in [5.41, 5.74) is 1.48. The average molecular weight is 287 g/mol. The van der Waals surface area contributed by atoms with Gasteiger partial charge in [0.1, 0.15) is 0 Å². The predicted octanol–water partition coefficient (Wildman–Crippen LogP) is 0.947. The van der Waals surface area contributed by atoms with E-state index in [4.69, 9.17) is 0 Å². The zero-order valence-corrected chi connectivity index (χ0v) is 11.9. The van der Waals surface area contributed by atoms with Crippen LogP contribution < -0.4 is 5.32 Å². The number of rotatable bonds is 3. The van der Waals surface area contributed by atoms with E-state index >= 15 is 0 Å². The summed E-state index contributed by atoms with van der Waals surface area (Å²) in [5.74, 6) is -0.522. The highest BCUT2D eigenvalue weighted by atomic mass is 16.2. The third-order valence-electron chi connectivity index (χ3n) is 3.99. The Hall–Kier alpha value is -2.37. The number of likely N-dealkylation sites (tertiary alicyclic amines) is 1. The van der Waals surface area contributed by atoms with E-state index in [-0.39, 0.29) is 24.3 Å². The SMILES string of the molecule is CN1C(=O)c2ccc(NCC(=O)N3CCCC3)cc2C1=O. The molecule has 110 valence electrons. The fraction of sp³-hybridized carbons (Fsp3) is 0.400. The minimum Gasteiger partial charge on any atom is -0.376 e. The summed E-state index contributed by atoms with van der Waals surface area (Å²) >= 11 is 0. The molecule has 21 heavy (non-hydrogen) atoms. The summed E-state index contributed by atoms with van der Waals surface area (Å²) in [7, 11) is 1.47. The van der Waals surface area contributed by atoms with Crippen molar-refractivity contribution in [1.82, 2.24) is 9.80 Å². The van der Waals surface area contributed by atoms with Crippen molar-refractivity contribution in [1.29, 1.82) is 0 Å². The number of carbonyl (C=O) groups excluding carboxylic acids is 3. The van der Waals surface area contributed by atoms with Crippen LogP contribution in [0, 0.1) is 0 Å². The molecule has 0 bridgehead atoms. The van der Waals surface area contributed by atoms with E-state index < -0.39 is 0 Å². The molecule has 2 heterocycles. The first kappa shape index (κ1) is 13.6. The Morgan fingerprint density at radius 1 is 1.14 bits per heavy atom. The van der Waals surface area contributed by atoms with Crippen molar-refractivity contribution in [3.05, 3.63) is 29.3 Å². The number of hydrogen-bond acceptors (Lipinski definition) is 4. The number of imide groups is 1. The van der Waals surface area contributed by atoms with Crippen LogP contribution >= 0.6 is 0 Å². The molecule has 0 spiro atoms. The molecule has 1 fully saturated rings. The van der Waals surface area contributed by atoms with Gasteiger partial charge >= 0.3 is 0 Å². The Bertz CT molecular complexity index is 621. The Kier molecular flexibility index (Phi) is 3.37. The smallest absolute Gasteiger partial charge is 0.261 e. The summed E-state index contributed by atoms with van der Waals surface area (Å²) in [6.45, 7) is 1.85. The van der Waals surface area contributed by atoms with Gasteiger partial charge in [-0.05, 0) is 31.0 Å². The van der Waals surface area contributed by atoms with Crippen molar-refractivity contribution in [3.8, 4) is 0 Å². The molecule has 1 aromatic carbocycles. The number of amides is 3. The molecule has 0 unspecified atom stereocenters. The Balaban J connectivity index is 1.69. The summed E-state index contributed by atoms with van der Waals surface area (Å²) in [5, 5.41) is 3.03. The first-order chi connectivity index (χ1) is 10.1. The number of nitrogens with one attached hydrogen (secondary N) is 1. The van der Waals surface area contributed by atoms with E-state index in [1.807, 2.05) is 4.90 Å². The predicted molar refractivity (Wildman–Crippen MR) is 77.2 cm³/mol. The van der Waals surface area contributed by atoms with Crippen LogP contribution in [0.15, 0.2) is 18.2 Å². The van der Waals surface area contributed by atoms with Crippen molar-refractivity contribution in [3.63, 3.8) is 0 Å². The highest BCUT2D eigenvalue weighted by molar-refractivity contribution is 6.21. The van der Waals surface area contributed by atoms with Crippen LogP contribution in [0.3, 0.4) is 0 Å². The van der Waals surface area contributed by atoms with Gasteiger partial charge < -0.3 is 10.2 Å². The maximum atomic E-state index is 12.0. The van der Waals surface area contributed by atoms with Crippen LogP contribution in [0.2, 0.25) is 0 Å². The lowest BCUT2D eigenvalue weighted by Crippen LogP contribution is -2.33. The van der Waals surface area contributed by atoms with Gasteiger partial charge in [0.05, 0.1) is 17.7 Å². The van der Waals surface area contributed by atoms with Crippen molar-refractivity contribution in [2.24, 2.45) is 0 Å². The molecule has 1 aromatic rings. The number of carbonyl (C=O) groups is 3. The summed E-state index contributed by atoms with van der Waals surface area (Å²) in [6.07, 6.45) is 2.13. The molecular formula is C15H17N3O3. The first-order valence-electron chi connectivity index (χ1n) is 7.06. The molecule has 3 amide bonds. The lowest BCUT2D eigenvalue weighted by atomic mass is 10.1. The summed E-state index contributed by atoms with van der Waals surface area (Å²) in [6, 6.07) is 4.98. The lowest BCUT2D eigenvalue weighted by molar-refractivity contribution is -0.128. The van der Waals surface area contributed by atoms with E-state index in [1.165, 1.54) is 7.05 Å². The van der Waals surface area contributed by atoms with Gasteiger partial charge in [0.25, 0.3) is 11.8 Å². The largest absolute Gasteiger partial charge is 0.376 e. The second-order valence-corrected chi connectivity index (χ2v) is 5.37. The zero-order chi connectivity index (χ0) is 15.0. The third-order valence-corrected chi connectivity index (χ3v) is 3.99. The van der Waals surface area contributed by atoms with Gasteiger partial charge in [0, 0.05) is 25.8 Å². The molecule has 1 N–H and O–H groups in total. The third kappa shape index (κ3) is 2.37. The molecule has 0 atom stereocenters. The van der Waals surface area contributed by atoms with E-state index in [0.717, 1.165) is 30.8 Å². The molecule has 1 saturated heterocycles. The Morgan fingerprint density at radius 3 is 2.52 bits per heavy atom. The monoisotopic (exact) mass is 287 g/mol. The van der Waals surface area contributed by atoms with E-state index in [1.54, 1.807) is 18.2 Å². The van der Waals surface area contributed by atoms with Crippen molar-refractivity contribution >= 4 is 23.4 Å². The van der Waals surface area contributed by atoms with Crippen molar-refractivity contribution in [2.45, 2.75) is 12.8 Å². The molecule has 6 heteroatoms. The number of anilines is 1. The normalized spacial score (nSPS) is 17.4. The van der Waals surface area contributed by atoms with Gasteiger partial charge in [0.2, 0.25) is 5.91 Å². The Morgan fingerprint density at radius 2 is 1.81 bits per heavy atom. The standard InChI is InChI=1S/C15H17N3O3/c1-17-14(20)11-5-4-10(8-12(11)15(17)21)16-9-13(19)18-6-2-3-7-18/h4-5,8,16H,2-3,6-7,9H2,1H3. The molecule has 0 aliphatic carbocycles. The quantitative estimate of drug-likeness (QED) is 0.840. The van der Waals surface area contributed by atoms with Crippen molar-refractivity contribution in [2.75, 3.05) is 32.0 Å². The van der Waals surface area contributed by atoms with Crippen LogP contribution in [0.5, 0.6) is 0 Å². The van der Waals surface area contributed by atoms with Gasteiger partial charge in [-0.25, -0.2) is 0 Å². The topological polar surface area (TPSA) is 69.7 Å². The van der Waals surface area contributed by atoms with Gasteiger partial charge in [-0.2, -0.15) is 0 Å². The van der Waals surface area contributed by atoms with E-state index in [0.29, 0.717) is 16.8 Å². The molecule has 0 radical (unpaired) electrons. The minimum atomic E-state index is -0.301. The fourth-order valence-corrected chi connectivity index (χ4v) is 2.73. The number of benzene rings is 1. The first-order valence-corrected chi connectivity index (χ1v) is 7.06. The molecule has 0 aromatic heterocycles. The van der Waals surface area contributed by atoms with E-state index in [9.17, 15) is 14.4 Å². The molecule has 2 aliphatic heterocycles. The molecule has 3 rings (SSSR count). The molecular weight excluding hydrogens is 270 g/mol. The lowest BCUT2D eigenvalue weighted by Gasteiger charge is -2.16. The highest BCUT2D eigenvalue weighted by Gasteiger charge is 2.32. The van der Waals surface area contributed by atoms with Gasteiger partial charge in [-0.1, -0.05) is 0 Å². The number of fused-ring (bicyclic) bond motifs is 1. The molecule has 6 nitrogen and oxygen atoms in total. The van der Waals surface area contributed by atoms with Crippen LogP contribution in [-0.4, -0.2) is 54.2 Å². The van der Waals surface area contributed by atoms with Crippen molar-refractivity contribution < 1.29 is 14.4 Å². The fourth-order valence-electron chi connectivity index (χ4n) is 2.73. The van der Waals surface area contributed by atoms with Gasteiger partial charge in [0.15, 0.2) is 0 Å². The van der Waals surface area contributed by atoms with Crippen LogP contribution in [-0.2, 0) is 4.79 Å². The van der Waals surface area contributed by atoms with Crippen LogP contribution in [0.4, 0.5) is 5.69 Å².